The van der Waals surface area contributed by atoms with Gasteiger partial charge in [-0.15, -0.1) is 11.3 Å². The second kappa shape index (κ2) is 5.21. The monoisotopic (exact) mass is 376 g/mol. The van der Waals surface area contributed by atoms with Gasteiger partial charge in [0.1, 0.15) is 5.82 Å². The van der Waals surface area contributed by atoms with Gasteiger partial charge in [-0.05, 0) is 47.0 Å². The number of aryl methyl sites for hydroxylation is 2. The molecule has 0 radical (unpaired) electrons. The number of alkyl halides is 1. The van der Waals surface area contributed by atoms with E-state index in [-0.39, 0.29) is 10.6 Å². The maximum atomic E-state index is 14.0. The third kappa shape index (κ3) is 2.64. The first-order valence-corrected chi connectivity index (χ1v) is 7.68. The summed E-state index contributed by atoms with van der Waals surface area (Å²) in [6, 6.07) is 7.54. The van der Waals surface area contributed by atoms with Crippen LogP contribution < -0.4 is 0 Å². The average molecular weight is 378 g/mol. The van der Waals surface area contributed by atoms with Gasteiger partial charge in [0.2, 0.25) is 0 Å². The summed E-state index contributed by atoms with van der Waals surface area (Å²) in [6.45, 7) is 3.83. The molecule has 0 aliphatic rings. The number of thiophene rings is 1. The highest BCUT2D eigenvalue weighted by atomic mass is 79.9. The Hall–Kier alpha value is -0.190. The second-order valence-corrected chi connectivity index (χ2v) is 7.45. The molecular weight excluding hydrogens is 367 g/mol. The van der Waals surface area contributed by atoms with E-state index in [2.05, 4.69) is 31.9 Å². The molecule has 1 aromatic carbocycles. The molecule has 17 heavy (non-hydrogen) atoms. The molecule has 0 fully saturated rings. The first-order chi connectivity index (χ1) is 8.00. The molecule has 0 N–H and O–H groups in total. The summed E-state index contributed by atoms with van der Waals surface area (Å²) in [4.78, 5) is 1.10. The van der Waals surface area contributed by atoms with Crippen LogP contribution in [0.1, 0.15) is 26.4 Å². The molecule has 2 rings (SSSR count). The Labute approximate surface area is 121 Å². The number of rotatable bonds is 2. The Morgan fingerprint density at radius 1 is 1.24 bits per heavy atom. The van der Waals surface area contributed by atoms with Crippen molar-refractivity contribution in [3.05, 3.63) is 55.4 Å². The molecule has 4 heteroatoms. The van der Waals surface area contributed by atoms with Crippen LogP contribution >= 0.6 is 43.2 Å². The van der Waals surface area contributed by atoms with E-state index in [1.165, 1.54) is 4.88 Å². The summed E-state index contributed by atoms with van der Waals surface area (Å²) in [5, 5.41) is 0. The second-order valence-electron chi connectivity index (χ2n) is 3.90. The fourth-order valence-corrected chi connectivity index (χ4v) is 4.47. The van der Waals surface area contributed by atoms with Crippen LogP contribution in [0, 0.1) is 19.7 Å². The van der Waals surface area contributed by atoms with Crippen LogP contribution in [0.15, 0.2) is 28.1 Å². The van der Waals surface area contributed by atoms with Gasteiger partial charge in [0.05, 0.1) is 8.61 Å². The van der Waals surface area contributed by atoms with Gasteiger partial charge in [0.15, 0.2) is 0 Å². The van der Waals surface area contributed by atoms with Crippen LogP contribution in [0.25, 0.3) is 0 Å². The van der Waals surface area contributed by atoms with Crippen LogP contribution in [0.5, 0.6) is 0 Å². The predicted octanol–water partition coefficient (Wildman–Crippen LogP) is 5.75. The van der Waals surface area contributed by atoms with Gasteiger partial charge in [-0.3, -0.25) is 0 Å². The molecule has 0 saturated heterocycles. The molecule has 0 aliphatic heterocycles. The van der Waals surface area contributed by atoms with Gasteiger partial charge < -0.3 is 0 Å². The Kier molecular flexibility index (Phi) is 4.06. The van der Waals surface area contributed by atoms with Gasteiger partial charge in [-0.2, -0.15) is 0 Å². The molecule has 0 spiro atoms. The smallest absolute Gasteiger partial charge is 0.130 e. The molecule has 0 bridgehead atoms. The third-order valence-corrected chi connectivity index (χ3v) is 5.25. The zero-order valence-electron chi connectivity index (χ0n) is 9.43. The highest BCUT2D eigenvalue weighted by Crippen LogP contribution is 2.39. The third-order valence-electron chi connectivity index (χ3n) is 2.69. The van der Waals surface area contributed by atoms with Gasteiger partial charge in [-0.25, -0.2) is 4.39 Å². The fraction of sp³-hybridized carbons (Fsp3) is 0.231. The van der Waals surface area contributed by atoms with Crippen molar-refractivity contribution in [2.75, 3.05) is 0 Å². The normalized spacial score (nSPS) is 12.8. The summed E-state index contributed by atoms with van der Waals surface area (Å²) >= 11 is 8.72. The van der Waals surface area contributed by atoms with Gasteiger partial charge in [0, 0.05) is 10.4 Å². The number of halogens is 3. The summed E-state index contributed by atoms with van der Waals surface area (Å²) in [7, 11) is 0. The van der Waals surface area contributed by atoms with E-state index >= 15 is 0 Å². The lowest BCUT2D eigenvalue weighted by Gasteiger charge is -2.12. The Morgan fingerprint density at radius 2 is 1.94 bits per heavy atom. The van der Waals surface area contributed by atoms with Gasteiger partial charge in [0.25, 0.3) is 0 Å². The lowest BCUT2D eigenvalue weighted by Crippen LogP contribution is -1.98. The van der Waals surface area contributed by atoms with E-state index in [4.69, 9.17) is 0 Å². The summed E-state index contributed by atoms with van der Waals surface area (Å²) < 4.78 is 15.1. The van der Waals surface area contributed by atoms with Crippen LogP contribution in [0.3, 0.4) is 0 Å². The Balaban J connectivity index is 2.47. The summed E-state index contributed by atoms with van der Waals surface area (Å²) in [5.41, 5.74) is 2.49. The van der Waals surface area contributed by atoms with Crippen molar-refractivity contribution in [1.82, 2.24) is 0 Å². The molecule has 90 valence electrons. The first kappa shape index (κ1) is 13.2. The number of benzene rings is 1. The maximum Gasteiger partial charge on any atom is 0.130 e. The van der Waals surface area contributed by atoms with E-state index in [9.17, 15) is 4.39 Å². The van der Waals surface area contributed by atoms with E-state index in [1.807, 2.05) is 25.1 Å². The van der Waals surface area contributed by atoms with Crippen molar-refractivity contribution >= 4 is 43.2 Å². The average Bonchev–Trinajstić information content (AvgIpc) is 2.61. The maximum absolute atomic E-state index is 14.0. The minimum Gasteiger partial charge on any atom is -0.206 e. The van der Waals surface area contributed by atoms with E-state index < -0.39 is 0 Å². The Bertz CT molecular complexity index is 548. The quantitative estimate of drug-likeness (QED) is 0.584. The van der Waals surface area contributed by atoms with Crippen molar-refractivity contribution in [2.45, 2.75) is 18.7 Å². The minimum atomic E-state index is -0.129. The summed E-state index contributed by atoms with van der Waals surface area (Å²) in [5.74, 6) is -0.129. The Morgan fingerprint density at radius 3 is 2.53 bits per heavy atom. The topological polar surface area (TPSA) is 0 Å². The lowest BCUT2D eigenvalue weighted by molar-refractivity contribution is 0.604. The highest BCUT2D eigenvalue weighted by Gasteiger charge is 2.19. The molecule has 1 unspecified atom stereocenters. The van der Waals surface area contributed by atoms with Crippen molar-refractivity contribution in [3.8, 4) is 0 Å². The minimum absolute atomic E-state index is 0.0926. The molecular formula is C13H11Br2FS. The van der Waals surface area contributed by atoms with Crippen LogP contribution in [0.2, 0.25) is 0 Å². The molecule has 1 atom stereocenters. The standard InChI is InChI=1S/C13H11Br2FS/c1-7-4-3-5-9(13(7)16)12(15)10-6-11(14)17-8(10)2/h3-6,12H,1-2H3. The fourth-order valence-electron chi connectivity index (χ4n) is 1.74. The molecule has 1 aromatic heterocycles. The van der Waals surface area contributed by atoms with Crippen molar-refractivity contribution in [3.63, 3.8) is 0 Å². The number of hydrogen-bond acceptors (Lipinski definition) is 1. The molecule has 1 heterocycles. The van der Waals surface area contributed by atoms with Crippen molar-refractivity contribution in [1.29, 1.82) is 0 Å². The van der Waals surface area contributed by atoms with Crippen molar-refractivity contribution < 1.29 is 4.39 Å². The molecule has 0 amide bonds. The lowest BCUT2D eigenvalue weighted by atomic mass is 10.0. The van der Waals surface area contributed by atoms with E-state index in [0.29, 0.717) is 11.1 Å². The molecule has 2 aromatic rings. The first-order valence-electron chi connectivity index (χ1n) is 5.15. The van der Waals surface area contributed by atoms with Crippen LogP contribution in [-0.2, 0) is 0 Å². The van der Waals surface area contributed by atoms with Gasteiger partial charge >= 0.3 is 0 Å². The highest BCUT2D eigenvalue weighted by molar-refractivity contribution is 9.11. The zero-order chi connectivity index (χ0) is 12.6. The van der Waals surface area contributed by atoms with Gasteiger partial charge in [-0.1, -0.05) is 34.1 Å². The molecule has 0 aliphatic carbocycles. The van der Waals surface area contributed by atoms with E-state index in [0.717, 1.165) is 9.35 Å². The van der Waals surface area contributed by atoms with Crippen LogP contribution in [0.4, 0.5) is 4.39 Å². The number of hydrogen-bond donors (Lipinski definition) is 0. The zero-order valence-corrected chi connectivity index (χ0v) is 13.4. The predicted molar refractivity (Wildman–Crippen MR) is 78.7 cm³/mol. The van der Waals surface area contributed by atoms with E-state index in [1.54, 1.807) is 24.3 Å². The summed E-state index contributed by atoms with van der Waals surface area (Å²) in [6.07, 6.45) is 0. The molecule has 0 saturated carbocycles. The molecule has 0 nitrogen and oxygen atoms in total. The SMILES string of the molecule is Cc1cccc(C(Br)c2cc(Br)sc2C)c1F. The van der Waals surface area contributed by atoms with Crippen molar-refractivity contribution in [2.24, 2.45) is 0 Å². The van der Waals surface area contributed by atoms with Crippen LogP contribution in [-0.4, -0.2) is 0 Å². The largest absolute Gasteiger partial charge is 0.206 e.